The van der Waals surface area contributed by atoms with Gasteiger partial charge in [0.1, 0.15) is 17.7 Å². The predicted molar refractivity (Wildman–Crippen MR) is 67.1 cm³/mol. The highest BCUT2D eigenvalue weighted by Gasteiger charge is 2.21. The van der Waals surface area contributed by atoms with Crippen LogP contribution in [0.3, 0.4) is 0 Å². The second-order valence-electron chi connectivity index (χ2n) is 3.89. The number of aromatic nitrogens is 1. The third kappa shape index (κ3) is 2.42. The summed E-state index contributed by atoms with van der Waals surface area (Å²) in [5, 5.41) is 10.1. The van der Waals surface area contributed by atoms with Gasteiger partial charge in [-0.1, -0.05) is 0 Å². The number of benzene rings is 1. The van der Waals surface area contributed by atoms with E-state index in [0.29, 0.717) is 11.3 Å². The molecule has 0 aliphatic carbocycles. The van der Waals surface area contributed by atoms with Crippen LogP contribution in [0.2, 0.25) is 0 Å². The lowest BCUT2D eigenvalue weighted by molar-refractivity contribution is 0.208. The van der Waals surface area contributed by atoms with Crippen LogP contribution in [0.15, 0.2) is 34.9 Å². The Kier molecular flexibility index (Phi) is 3.73. The monoisotopic (exact) mass is 313 g/mol. The van der Waals surface area contributed by atoms with Crippen molar-refractivity contribution in [1.82, 2.24) is 4.98 Å². The van der Waals surface area contributed by atoms with Crippen molar-refractivity contribution < 1.29 is 13.9 Å². The fourth-order valence-electron chi connectivity index (χ4n) is 1.70. The van der Waals surface area contributed by atoms with Crippen molar-refractivity contribution in [2.75, 3.05) is 0 Å². The molecule has 0 amide bonds. The molecule has 2 nitrogen and oxygen atoms in total. The molecule has 1 aromatic heterocycles. The number of rotatable bonds is 2. The smallest absolute Gasteiger partial charge is 0.146 e. The Labute approximate surface area is 111 Å². The summed E-state index contributed by atoms with van der Waals surface area (Å²) in [5.74, 6) is -1.57. The molecule has 1 N–H and O–H groups in total. The standard InChI is InChI=1S/C13H10BrF2NO/c1-7-6-8(4-5-17-7)13(18)11-10(15)3-2-9(14)12(11)16/h2-6,13,18H,1H3. The molecule has 2 aromatic rings. The molecule has 1 aromatic carbocycles. The summed E-state index contributed by atoms with van der Waals surface area (Å²) in [6, 6.07) is 5.49. The van der Waals surface area contributed by atoms with Crippen LogP contribution in [0, 0.1) is 18.6 Å². The first-order valence-corrected chi connectivity index (χ1v) is 6.04. The van der Waals surface area contributed by atoms with E-state index in [-0.39, 0.29) is 10.0 Å². The van der Waals surface area contributed by atoms with Gasteiger partial charge < -0.3 is 5.11 Å². The second kappa shape index (κ2) is 5.12. The van der Waals surface area contributed by atoms with Crippen molar-refractivity contribution in [1.29, 1.82) is 0 Å². The van der Waals surface area contributed by atoms with Gasteiger partial charge in [-0.2, -0.15) is 0 Å². The molecule has 18 heavy (non-hydrogen) atoms. The van der Waals surface area contributed by atoms with Gasteiger partial charge in [-0.25, -0.2) is 8.78 Å². The summed E-state index contributed by atoms with van der Waals surface area (Å²) in [6.45, 7) is 1.74. The fraction of sp³-hybridized carbons (Fsp3) is 0.154. The molecule has 2 rings (SSSR count). The molecule has 94 valence electrons. The maximum absolute atomic E-state index is 13.8. The minimum absolute atomic E-state index is 0.115. The summed E-state index contributed by atoms with van der Waals surface area (Å²) in [6.07, 6.45) is 0.131. The molecule has 0 saturated heterocycles. The van der Waals surface area contributed by atoms with Crippen molar-refractivity contribution in [3.8, 4) is 0 Å². The van der Waals surface area contributed by atoms with Crippen molar-refractivity contribution >= 4 is 15.9 Å². The van der Waals surface area contributed by atoms with Crippen molar-refractivity contribution in [2.45, 2.75) is 13.0 Å². The van der Waals surface area contributed by atoms with Crippen LogP contribution < -0.4 is 0 Å². The van der Waals surface area contributed by atoms with Gasteiger partial charge in [0.25, 0.3) is 0 Å². The lowest BCUT2D eigenvalue weighted by Crippen LogP contribution is -2.07. The summed E-state index contributed by atoms with van der Waals surface area (Å²) in [4.78, 5) is 3.97. The number of hydrogen-bond acceptors (Lipinski definition) is 2. The number of nitrogens with zero attached hydrogens (tertiary/aromatic N) is 1. The molecular formula is C13H10BrF2NO. The third-order valence-corrected chi connectivity index (χ3v) is 3.20. The normalized spacial score (nSPS) is 12.5. The van der Waals surface area contributed by atoms with E-state index in [2.05, 4.69) is 20.9 Å². The molecule has 1 atom stereocenters. The molecular weight excluding hydrogens is 304 g/mol. The van der Waals surface area contributed by atoms with E-state index in [0.717, 1.165) is 6.07 Å². The van der Waals surface area contributed by atoms with Crippen LogP contribution in [0.5, 0.6) is 0 Å². The van der Waals surface area contributed by atoms with Crippen LogP contribution >= 0.6 is 15.9 Å². The highest BCUT2D eigenvalue weighted by molar-refractivity contribution is 9.10. The van der Waals surface area contributed by atoms with Gasteiger partial charge in [-0.05, 0) is 52.7 Å². The molecule has 0 spiro atoms. The number of aryl methyl sites for hydroxylation is 1. The van der Waals surface area contributed by atoms with E-state index in [1.54, 1.807) is 13.0 Å². The molecule has 0 aliphatic heterocycles. The van der Waals surface area contributed by atoms with E-state index >= 15 is 0 Å². The van der Waals surface area contributed by atoms with Crippen LogP contribution in [0.1, 0.15) is 22.9 Å². The minimum Gasteiger partial charge on any atom is -0.383 e. The van der Waals surface area contributed by atoms with E-state index in [1.807, 2.05) is 0 Å². The number of aliphatic hydroxyl groups is 1. The number of pyridine rings is 1. The zero-order valence-electron chi connectivity index (χ0n) is 9.49. The molecule has 0 fully saturated rings. The zero-order chi connectivity index (χ0) is 13.3. The number of halogens is 3. The van der Waals surface area contributed by atoms with Crippen LogP contribution in [-0.2, 0) is 0 Å². The SMILES string of the molecule is Cc1cc(C(O)c2c(F)ccc(Br)c2F)ccn1. The molecule has 0 bridgehead atoms. The van der Waals surface area contributed by atoms with Gasteiger partial charge in [0.2, 0.25) is 0 Å². The summed E-state index contributed by atoms with van der Waals surface area (Å²) < 4.78 is 27.6. The van der Waals surface area contributed by atoms with Gasteiger partial charge in [0.15, 0.2) is 0 Å². The van der Waals surface area contributed by atoms with Crippen LogP contribution in [0.4, 0.5) is 8.78 Å². The first-order valence-electron chi connectivity index (χ1n) is 5.24. The Bertz CT molecular complexity index is 589. The molecule has 0 radical (unpaired) electrons. The predicted octanol–water partition coefficient (Wildman–Crippen LogP) is 3.51. The van der Waals surface area contributed by atoms with E-state index < -0.39 is 17.7 Å². The zero-order valence-corrected chi connectivity index (χ0v) is 11.1. The highest BCUT2D eigenvalue weighted by Crippen LogP contribution is 2.30. The van der Waals surface area contributed by atoms with E-state index in [4.69, 9.17) is 0 Å². The van der Waals surface area contributed by atoms with Gasteiger partial charge in [0, 0.05) is 11.9 Å². The van der Waals surface area contributed by atoms with Crippen molar-refractivity contribution in [3.63, 3.8) is 0 Å². The van der Waals surface area contributed by atoms with Gasteiger partial charge in [-0.15, -0.1) is 0 Å². The summed E-state index contributed by atoms with van der Waals surface area (Å²) in [7, 11) is 0. The third-order valence-electron chi connectivity index (χ3n) is 2.59. The van der Waals surface area contributed by atoms with Gasteiger partial charge in [0.05, 0.1) is 10.0 Å². The maximum atomic E-state index is 13.8. The molecule has 5 heteroatoms. The molecule has 1 unspecified atom stereocenters. The quantitative estimate of drug-likeness (QED) is 0.861. The first kappa shape index (κ1) is 13.1. The van der Waals surface area contributed by atoms with Crippen LogP contribution in [-0.4, -0.2) is 10.1 Å². The lowest BCUT2D eigenvalue weighted by atomic mass is 10.0. The van der Waals surface area contributed by atoms with Gasteiger partial charge in [-0.3, -0.25) is 4.98 Å². The number of hydrogen-bond donors (Lipinski definition) is 1. The number of aliphatic hydroxyl groups excluding tert-OH is 1. The summed E-state index contributed by atoms with van der Waals surface area (Å²) in [5.41, 5.74) is 0.704. The van der Waals surface area contributed by atoms with E-state index in [1.165, 1.54) is 18.3 Å². The second-order valence-corrected chi connectivity index (χ2v) is 4.74. The minimum atomic E-state index is -1.36. The van der Waals surface area contributed by atoms with Gasteiger partial charge >= 0.3 is 0 Å². The Morgan fingerprint density at radius 1 is 1.28 bits per heavy atom. The molecule has 1 heterocycles. The topological polar surface area (TPSA) is 33.1 Å². The maximum Gasteiger partial charge on any atom is 0.146 e. The van der Waals surface area contributed by atoms with Crippen molar-refractivity contribution in [3.05, 3.63) is 63.4 Å². The summed E-state index contributed by atoms with van der Waals surface area (Å²) >= 11 is 2.97. The average molecular weight is 314 g/mol. The fourth-order valence-corrected chi connectivity index (χ4v) is 2.04. The highest BCUT2D eigenvalue weighted by atomic mass is 79.9. The van der Waals surface area contributed by atoms with Crippen LogP contribution in [0.25, 0.3) is 0 Å². The molecule has 0 aliphatic rings. The Morgan fingerprint density at radius 2 is 2.00 bits per heavy atom. The lowest BCUT2D eigenvalue weighted by Gasteiger charge is -2.14. The van der Waals surface area contributed by atoms with Crippen molar-refractivity contribution in [2.24, 2.45) is 0 Å². The molecule has 0 saturated carbocycles. The Morgan fingerprint density at radius 3 is 2.67 bits per heavy atom. The Hall–Kier alpha value is -1.33. The van der Waals surface area contributed by atoms with E-state index in [9.17, 15) is 13.9 Å². The average Bonchev–Trinajstić information content (AvgIpc) is 2.34. The Balaban J connectivity index is 2.52. The first-order chi connectivity index (χ1) is 8.50. The largest absolute Gasteiger partial charge is 0.383 e.